The number of piperidine rings is 1. The van der Waals surface area contributed by atoms with Gasteiger partial charge < -0.3 is 15.5 Å². The van der Waals surface area contributed by atoms with Crippen LogP contribution in [0.25, 0.3) is 0 Å². The van der Waals surface area contributed by atoms with Crippen LogP contribution in [0.2, 0.25) is 5.02 Å². The van der Waals surface area contributed by atoms with Crippen LogP contribution in [0.4, 0.5) is 8.78 Å². The van der Waals surface area contributed by atoms with Gasteiger partial charge in [-0.3, -0.25) is 9.69 Å². The van der Waals surface area contributed by atoms with E-state index < -0.39 is 15.7 Å². The van der Waals surface area contributed by atoms with Gasteiger partial charge in [-0.1, -0.05) is 24.9 Å². The molecule has 4 rings (SSSR count). The van der Waals surface area contributed by atoms with Gasteiger partial charge in [0.1, 0.15) is 11.6 Å². The van der Waals surface area contributed by atoms with Crippen LogP contribution < -0.4 is 5.73 Å². The molecule has 2 heterocycles. The zero-order valence-corrected chi connectivity index (χ0v) is 25.0. The number of piperazine rings is 1. The maximum absolute atomic E-state index is 12.3. The highest BCUT2D eigenvalue weighted by Crippen LogP contribution is 2.17. The molecule has 7 nitrogen and oxygen atoms in total. The Bertz CT molecular complexity index is 1080. The van der Waals surface area contributed by atoms with Crippen molar-refractivity contribution in [1.29, 1.82) is 0 Å². The molecule has 0 aliphatic carbocycles. The topological polar surface area (TPSA) is 86.9 Å². The van der Waals surface area contributed by atoms with E-state index in [0.29, 0.717) is 22.2 Å². The van der Waals surface area contributed by atoms with E-state index in [1.807, 2.05) is 4.90 Å². The number of rotatable bonds is 4. The molecular weight excluding hydrogens is 546 g/mol. The lowest BCUT2D eigenvalue weighted by molar-refractivity contribution is -0.119. The Morgan fingerprint density at radius 2 is 1.67 bits per heavy atom. The number of sulfone groups is 1. The van der Waals surface area contributed by atoms with Gasteiger partial charge in [0.05, 0.1) is 4.90 Å². The Hall–Kier alpha value is -2.11. The number of hydrogen-bond acceptors (Lipinski definition) is 6. The van der Waals surface area contributed by atoms with Gasteiger partial charge >= 0.3 is 0 Å². The highest BCUT2D eigenvalue weighted by atomic mass is 35.5. The number of nitrogens with zero attached hydrogens (tertiary/aromatic N) is 3. The van der Waals surface area contributed by atoms with Crippen LogP contribution in [0.3, 0.4) is 0 Å². The summed E-state index contributed by atoms with van der Waals surface area (Å²) in [6.45, 7) is 11.0. The summed E-state index contributed by atoms with van der Waals surface area (Å²) in [6, 6.07) is 9.45. The van der Waals surface area contributed by atoms with E-state index in [2.05, 4.69) is 23.8 Å². The second-order valence-electron chi connectivity index (χ2n) is 9.74. The summed E-state index contributed by atoms with van der Waals surface area (Å²) >= 11 is 5.57. The molecule has 0 spiro atoms. The van der Waals surface area contributed by atoms with Crippen molar-refractivity contribution in [1.82, 2.24) is 14.7 Å². The van der Waals surface area contributed by atoms with Crippen LogP contribution in [-0.2, 0) is 14.6 Å². The van der Waals surface area contributed by atoms with Crippen LogP contribution in [-0.4, -0.2) is 88.8 Å². The molecule has 2 N–H and O–H groups in total. The molecule has 2 saturated heterocycles. The van der Waals surface area contributed by atoms with E-state index in [-0.39, 0.29) is 5.82 Å². The Kier molecular flexibility index (Phi) is 16.4. The Morgan fingerprint density at radius 3 is 2.13 bits per heavy atom. The standard InChI is InChI=1S/C8H15NO.C7H7ClO2S.C7H6F2.C6H15N3/c1-2-8-4-3-5-9(6-8)7-10;1-11(9,10)7-4-2-6(8)3-5-7;1-5-4-6(8)2-3-7(5)9;1-8-2-4-9(6-7)5-3-8/h7-8H,2-6H2,1H3;2-5H,1H3;2-4H,1H3;2-7H2,1H3. The third kappa shape index (κ3) is 14.7. The number of hydrogen-bond donors (Lipinski definition) is 1. The average molecular weight is 589 g/mol. The van der Waals surface area contributed by atoms with Crippen LogP contribution in [0, 0.1) is 24.5 Å². The fraction of sp³-hybridized carbons (Fsp3) is 0.536. The van der Waals surface area contributed by atoms with Gasteiger partial charge in [-0.15, -0.1) is 0 Å². The molecule has 2 aliphatic rings. The third-order valence-corrected chi connectivity index (χ3v) is 7.87. The largest absolute Gasteiger partial charge is 0.345 e. The van der Waals surface area contributed by atoms with E-state index in [0.717, 1.165) is 76.1 Å². The highest BCUT2D eigenvalue weighted by Gasteiger charge is 2.16. The van der Waals surface area contributed by atoms with Crippen LogP contribution in [0.1, 0.15) is 31.7 Å². The zero-order valence-electron chi connectivity index (χ0n) is 23.5. The minimum Gasteiger partial charge on any atom is -0.345 e. The number of amides is 1. The van der Waals surface area contributed by atoms with Gasteiger partial charge in [-0.25, -0.2) is 17.2 Å². The van der Waals surface area contributed by atoms with Crippen molar-refractivity contribution < 1.29 is 22.0 Å². The first-order valence-corrected chi connectivity index (χ1v) is 15.3. The molecular formula is C28H43ClF2N4O3S. The second-order valence-corrected chi connectivity index (χ2v) is 12.2. The SMILES string of the molecule is CCC1CCCN(C=O)C1.CN1CCN(CN)CC1.CS(=O)(=O)c1ccc(Cl)cc1.Cc1cc(F)ccc1F. The maximum atomic E-state index is 12.3. The fourth-order valence-electron chi connectivity index (χ4n) is 3.85. The summed E-state index contributed by atoms with van der Waals surface area (Å²) < 4.78 is 46.3. The molecule has 0 saturated carbocycles. The predicted octanol–water partition coefficient (Wildman–Crippen LogP) is 4.43. The Balaban J connectivity index is 0.000000261. The molecule has 11 heteroatoms. The van der Waals surface area contributed by atoms with E-state index in [4.69, 9.17) is 17.3 Å². The van der Waals surface area contributed by atoms with E-state index in [1.165, 1.54) is 38.3 Å². The van der Waals surface area contributed by atoms with Gasteiger partial charge in [-0.05, 0) is 80.8 Å². The molecule has 0 radical (unpaired) electrons. The van der Waals surface area contributed by atoms with Crippen LogP contribution in [0.15, 0.2) is 47.4 Å². The lowest BCUT2D eigenvalue weighted by Crippen LogP contribution is -2.46. The van der Waals surface area contributed by atoms with Crippen molar-refractivity contribution >= 4 is 27.8 Å². The van der Waals surface area contributed by atoms with Gasteiger partial charge in [0.25, 0.3) is 0 Å². The summed E-state index contributed by atoms with van der Waals surface area (Å²) in [5.41, 5.74) is 5.80. The minimum atomic E-state index is -3.08. The number of aryl methyl sites for hydroxylation is 1. The molecule has 2 aromatic rings. The lowest BCUT2D eigenvalue weighted by atomic mass is 9.96. The zero-order chi connectivity index (χ0) is 29.4. The summed E-state index contributed by atoms with van der Waals surface area (Å²) in [5.74, 6) is 0.00394. The molecule has 2 aliphatic heterocycles. The number of likely N-dealkylation sites (tertiary alicyclic amines) is 1. The summed E-state index contributed by atoms with van der Waals surface area (Å²) in [4.78, 5) is 17.1. The number of likely N-dealkylation sites (N-methyl/N-ethyl adjacent to an activating group) is 1. The number of nitrogens with two attached hydrogens (primary N) is 1. The van der Waals surface area contributed by atoms with Crippen molar-refractivity contribution in [3.8, 4) is 0 Å². The van der Waals surface area contributed by atoms with Crippen LogP contribution in [0.5, 0.6) is 0 Å². The van der Waals surface area contributed by atoms with Gasteiger partial charge in [-0.2, -0.15) is 0 Å². The molecule has 0 bridgehead atoms. The van der Waals surface area contributed by atoms with E-state index >= 15 is 0 Å². The molecule has 1 atom stereocenters. The summed E-state index contributed by atoms with van der Waals surface area (Å²) in [7, 11) is -0.932. The molecule has 2 aromatic carbocycles. The van der Waals surface area contributed by atoms with Gasteiger partial charge in [0, 0.05) is 57.2 Å². The minimum absolute atomic E-state index is 0.293. The monoisotopic (exact) mass is 588 g/mol. The molecule has 2 fully saturated rings. The quantitative estimate of drug-likeness (QED) is 0.532. The number of halogens is 3. The maximum Gasteiger partial charge on any atom is 0.209 e. The summed E-state index contributed by atoms with van der Waals surface area (Å²) in [6.07, 6.45) is 5.85. The Morgan fingerprint density at radius 1 is 1.05 bits per heavy atom. The average Bonchev–Trinajstić information content (AvgIpc) is 2.92. The first kappa shape index (κ1) is 34.9. The van der Waals surface area contributed by atoms with Crippen molar-refractivity contribution in [3.63, 3.8) is 0 Å². The van der Waals surface area contributed by atoms with Crippen molar-refractivity contribution in [2.75, 3.05) is 59.2 Å². The smallest absolute Gasteiger partial charge is 0.209 e. The molecule has 1 unspecified atom stereocenters. The van der Waals surface area contributed by atoms with E-state index in [9.17, 15) is 22.0 Å². The molecule has 39 heavy (non-hydrogen) atoms. The molecule has 220 valence electrons. The molecule has 0 aromatic heterocycles. The van der Waals surface area contributed by atoms with E-state index in [1.54, 1.807) is 12.1 Å². The van der Waals surface area contributed by atoms with Crippen molar-refractivity contribution in [2.45, 2.75) is 38.0 Å². The normalized spacial score (nSPS) is 17.9. The second kappa shape index (κ2) is 18.3. The summed E-state index contributed by atoms with van der Waals surface area (Å²) in [5, 5.41) is 0.539. The molecule has 1 amide bonds. The number of carbonyl (C=O) groups is 1. The van der Waals surface area contributed by atoms with Crippen LogP contribution >= 0.6 is 11.6 Å². The van der Waals surface area contributed by atoms with Gasteiger partial charge in [0.15, 0.2) is 9.84 Å². The first-order chi connectivity index (χ1) is 18.4. The van der Waals surface area contributed by atoms with Crippen molar-refractivity contribution in [2.24, 2.45) is 11.7 Å². The Labute approximate surface area is 237 Å². The predicted molar refractivity (Wildman–Crippen MR) is 154 cm³/mol. The van der Waals surface area contributed by atoms with Crippen molar-refractivity contribution in [3.05, 3.63) is 64.7 Å². The lowest BCUT2D eigenvalue weighted by Gasteiger charge is -2.30. The third-order valence-electron chi connectivity index (χ3n) is 6.49. The number of carbonyl (C=O) groups excluding carboxylic acids is 1. The fourth-order valence-corrected chi connectivity index (χ4v) is 4.60. The van der Waals surface area contributed by atoms with Gasteiger partial charge in [0.2, 0.25) is 6.41 Å². The number of benzene rings is 2. The first-order valence-electron chi connectivity index (χ1n) is 13.1. The highest BCUT2D eigenvalue weighted by molar-refractivity contribution is 7.90.